The Morgan fingerprint density at radius 3 is 2.31 bits per heavy atom. The van der Waals surface area contributed by atoms with Crippen molar-refractivity contribution in [2.45, 2.75) is 38.5 Å². The predicted molar refractivity (Wildman–Crippen MR) is 137 cm³/mol. The van der Waals surface area contributed by atoms with Gasteiger partial charge in [-0.25, -0.2) is 9.97 Å². The van der Waals surface area contributed by atoms with Crippen molar-refractivity contribution < 1.29 is 19.1 Å². The molecule has 35 heavy (non-hydrogen) atoms. The number of aromatic nitrogens is 2. The Morgan fingerprint density at radius 2 is 1.69 bits per heavy atom. The first kappa shape index (κ1) is 26.0. The van der Waals surface area contributed by atoms with Gasteiger partial charge in [-0.15, -0.1) is 0 Å². The molecule has 0 aliphatic carbocycles. The summed E-state index contributed by atoms with van der Waals surface area (Å²) in [5.74, 6) is 0.670. The average molecular weight is 495 g/mol. The number of thioether (sulfide) groups is 1. The topological polar surface area (TPSA) is 93.7 Å². The zero-order valence-corrected chi connectivity index (χ0v) is 21.4. The lowest BCUT2D eigenvalue weighted by Crippen LogP contribution is -2.46. The van der Waals surface area contributed by atoms with E-state index in [0.29, 0.717) is 28.9 Å². The molecule has 3 aromatic rings. The van der Waals surface area contributed by atoms with Crippen LogP contribution in [0.2, 0.25) is 0 Å². The van der Waals surface area contributed by atoms with Crippen LogP contribution in [0.4, 0.5) is 5.69 Å². The first-order valence-electron chi connectivity index (χ1n) is 11.1. The normalized spacial score (nSPS) is 11.5. The first-order valence-corrected chi connectivity index (χ1v) is 12.1. The van der Waals surface area contributed by atoms with Gasteiger partial charge in [0.25, 0.3) is 0 Å². The molecule has 1 atom stereocenters. The van der Waals surface area contributed by atoms with Crippen LogP contribution in [0.1, 0.15) is 23.9 Å². The van der Waals surface area contributed by atoms with E-state index in [2.05, 4.69) is 15.3 Å². The van der Waals surface area contributed by atoms with Gasteiger partial charge in [-0.3, -0.25) is 9.59 Å². The molecule has 0 aliphatic rings. The van der Waals surface area contributed by atoms with Gasteiger partial charge in [0.15, 0.2) is 5.16 Å². The average Bonchev–Trinajstić information content (AvgIpc) is 2.85. The Morgan fingerprint density at radius 1 is 1.00 bits per heavy atom. The highest BCUT2D eigenvalue weighted by atomic mass is 32.2. The van der Waals surface area contributed by atoms with Crippen molar-refractivity contribution in [2.24, 2.45) is 0 Å². The number of benzene rings is 2. The minimum atomic E-state index is -0.740. The molecule has 1 aromatic heterocycles. The molecular formula is C26H30N4O4S. The van der Waals surface area contributed by atoms with Gasteiger partial charge in [-0.2, -0.15) is 0 Å². The van der Waals surface area contributed by atoms with Crippen molar-refractivity contribution in [3.63, 3.8) is 0 Å². The fraction of sp³-hybridized carbons (Fsp3) is 0.308. The molecule has 2 amide bonds. The fourth-order valence-electron chi connectivity index (χ4n) is 3.47. The van der Waals surface area contributed by atoms with E-state index in [9.17, 15) is 9.59 Å². The number of methoxy groups -OCH3 is 2. The van der Waals surface area contributed by atoms with Gasteiger partial charge in [0, 0.05) is 24.0 Å². The Kier molecular flexibility index (Phi) is 9.08. The maximum atomic E-state index is 13.3. The molecule has 9 heteroatoms. The third-order valence-electron chi connectivity index (χ3n) is 5.32. The number of rotatable bonds is 10. The van der Waals surface area contributed by atoms with Crippen LogP contribution in [0.3, 0.4) is 0 Å². The number of anilines is 1. The summed E-state index contributed by atoms with van der Waals surface area (Å²) in [6.07, 6.45) is 0. The summed E-state index contributed by atoms with van der Waals surface area (Å²) in [6, 6.07) is 15.8. The number of hydrogen-bond donors (Lipinski definition) is 1. The molecule has 0 fully saturated rings. The first-order chi connectivity index (χ1) is 16.8. The van der Waals surface area contributed by atoms with Gasteiger partial charge in [0.05, 0.1) is 25.7 Å². The smallest absolute Gasteiger partial charge is 0.247 e. The van der Waals surface area contributed by atoms with Crippen LogP contribution in [0.25, 0.3) is 0 Å². The van der Waals surface area contributed by atoms with Gasteiger partial charge < -0.3 is 19.7 Å². The summed E-state index contributed by atoms with van der Waals surface area (Å²) >= 11 is 1.26. The van der Waals surface area contributed by atoms with Crippen LogP contribution >= 0.6 is 11.8 Å². The number of hydrogen-bond acceptors (Lipinski definition) is 7. The summed E-state index contributed by atoms with van der Waals surface area (Å²) in [4.78, 5) is 36.9. The van der Waals surface area contributed by atoms with Crippen LogP contribution in [0.5, 0.6) is 11.5 Å². The van der Waals surface area contributed by atoms with Gasteiger partial charge in [-0.05, 0) is 44.5 Å². The van der Waals surface area contributed by atoms with Crippen molar-refractivity contribution in [1.82, 2.24) is 14.9 Å². The third kappa shape index (κ3) is 7.19. The fourth-order valence-corrected chi connectivity index (χ4v) is 4.30. The second-order valence-electron chi connectivity index (χ2n) is 7.96. The standard InChI is InChI=1S/C26H30N4O4S/c1-17-13-18(2)28-26(27-17)35-16-24(31)30(15-20-9-7-6-8-10-20)19(3)25(32)29-22-12-11-21(33-4)14-23(22)34-5/h6-14,19H,15-16H2,1-5H3,(H,29,32). The molecule has 1 heterocycles. The number of aryl methyl sites for hydroxylation is 2. The lowest BCUT2D eigenvalue weighted by Gasteiger charge is -2.29. The minimum absolute atomic E-state index is 0.110. The van der Waals surface area contributed by atoms with Crippen molar-refractivity contribution in [3.8, 4) is 11.5 Å². The molecule has 8 nitrogen and oxygen atoms in total. The molecule has 0 saturated heterocycles. The quantitative estimate of drug-likeness (QED) is 0.332. The van der Waals surface area contributed by atoms with E-state index in [-0.39, 0.29) is 17.6 Å². The van der Waals surface area contributed by atoms with Crippen LogP contribution in [0.15, 0.2) is 59.8 Å². The number of ether oxygens (including phenoxy) is 2. The zero-order valence-electron chi connectivity index (χ0n) is 20.6. The van der Waals surface area contributed by atoms with Gasteiger partial charge >= 0.3 is 0 Å². The lowest BCUT2D eigenvalue weighted by molar-refractivity contribution is -0.136. The van der Waals surface area contributed by atoms with Crippen molar-refractivity contribution >= 4 is 29.3 Å². The SMILES string of the molecule is COc1ccc(NC(=O)C(C)N(Cc2ccccc2)C(=O)CSc2nc(C)cc(C)n2)c(OC)c1. The number of nitrogens with zero attached hydrogens (tertiary/aromatic N) is 3. The van der Waals surface area contributed by atoms with E-state index in [0.717, 1.165) is 17.0 Å². The van der Waals surface area contributed by atoms with Crippen LogP contribution in [-0.2, 0) is 16.1 Å². The number of amides is 2. The number of nitrogens with one attached hydrogen (secondary N) is 1. The van der Waals surface area contributed by atoms with E-state index >= 15 is 0 Å². The molecule has 0 aliphatic heterocycles. The van der Waals surface area contributed by atoms with E-state index in [1.165, 1.54) is 18.9 Å². The van der Waals surface area contributed by atoms with E-state index < -0.39 is 6.04 Å². The van der Waals surface area contributed by atoms with Crippen LogP contribution in [-0.4, -0.2) is 52.7 Å². The second-order valence-corrected chi connectivity index (χ2v) is 8.90. The molecule has 0 bridgehead atoms. The second kappa shape index (κ2) is 12.2. The summed E-state index contributed by atoms with van der Waals surface area (Å²) in [5, 5.41) is 3.42. The molecule has 0 radical (unpaired) electrons. The molecule has 0 saturated carbocycles. The maximum absolute atomic E-state index is 13.3. The van der Waals surface area contributed by atoms with Crippen molar-refractivity contribution in [2.75, 3.05) is 25.3 Å². The van der Waals surface area contributed by atoms with Crippen molar-refractivity contribution in [1.29, 1.82) is 0 Å². The van der Waals surface area contributed by atoms with Crippen molar-refractivity contribution in [3.05, 3.63) is 71.5 Å². The van der Waals surface area contributed by atoms with E-state index in [1.807, 2.05) is 50.2 Å². The summed E-state index contributed by atoms with van der Waals surface area (Å²) in [5.41, 5.74) is 3.11. The Hall–Kier alpha value is -3.59. The van der Waals surface area contributed by atoms with Crippen LogP contribution < -0.4 is 14.8 Å². The monoisotopic (exact) mass is 494 g/mol. The maximum Gasteiger partial charge on any atom is 0.247 e. The van der Waals surface area contributed by atoms with Gasteiger partial charge in [0.1, 0.15) is 17.5 Å². The number of carbonyl (C=O) groups excluding carboxylic acids is 2. The summed E-state index contributed by atoms with van der Waals surface area (Å²) in [7, 11) is 3.08. The molecule has 184 valence electrons. The predicted octanol–water partition coefficient (Wildman–Crippen LogP) is 4.26. The van der Waals surface area contributed by atoms with Gasteiger partial charge in [-0.1, -0.05) is 42.1 Å². The summed E-state index contributed by atoms with van der Waals surface area (Å²) in [6.45, 7) is 5.79. The highest BCUT2D eigenvalue weighted by Gasteiger charge is 2.27. The Bertz CT molecular complexity index is 1150. The molecule has 3 rings (SSSR count). The largest absolute Gasteiger partial charge is 0.497 e. The van der Waals surface area contributed by atoms with Gasteiger partial charge in [0.2, 0.25) is 11.8 Å². The Labute approximate surface area is 210 Å². The molecule has 1 unspecified atom stereocenters. The Balaban J connectivity index is 1.78. The minimum Gasteiger partial charge on any atom is -0.497 e. The highest BCUT2D eigenvalue weighted by molar-refractivity contribution is 7.99. The lowest BCUT2D eigenvalue weighted by atomic mass is 10.1. The molecule has 2 aromatic carbocycles. The highest BCUT2D eigenvalue weighted by Crippen LogP contribution is 2.29. The van der Waals surface area contributed by atoms with Crippen LogP contribution in [0, 0.1) is 13.8 Å². The molecule has 0 spiro atoms. The molecular weight excluding hydrogens is 464 g/mol. The van der Waals surface area contributed by atoms with E-state index in [1.54, 1.807) is 37.1 Å². The molecule has 1 N–H and O–H groups in total. The third-order valence-corrected chi connectivity index (χ3v) is 6.15. The van der Waals surface area contributed by atoms with E-state index in [4.69, 9.17) is 9.47 Å². The summed E-state index contributed by atoms with van der Waals surface area (Å²) < 4.78 is 10.6. The zero-order chi connectivity index (χ0) is 25.4. The number of carbonyl (C=O) groups is 2.